The molecule has 104 valence electrons. The van der Waals surface area contributed by atoms with Crippen LogP contribution in [0.25, 0.3) is 0 Å². The van der Waals surface area contributed by atoms with Gasteiger partial charge in [-0.2, -0.15) is 5.26 Å². The molecule has 0 amide bonds. The van der Waals surface area contributed by atoms with E-state index in [4.69, 9.17) is 5.73 Å². The molecule has 0 atom stereocenters. The highest BCUT2D eigenvalue weighted by atomic mass is 14.8. The zero-order chi connectivity index (χ0) is 15.0. The van der Waals surface area contributed by atoms with Crippen LogP contribution in [0, 0.1) is 11.3 Å². The molecule has 21 heavy (non-hydrogen) atoms. The van der Waals surface area contributed by atoms with Crippen LogP contribution in [0.15, 0.2) is 47.5 Å². The molecule has 0 aromatic heterocycles. The van der Waals surface area contributed by atoms with Crippen molar-refractivity contribution >= 4 is 17.1 Å². The average molecular weight is 275 g/mol. The largest absolute Gasteiger partial charge is 0.398 e. The summed E-state index contributed by atoms with van der Waals surface area (Å²) in [6.45, 7) is 3.78. The summed E-state index contributed by atoms with van der Waals surface area (Å²) in [4.78, 5) is 4.69. The van der Waals surface area contributed by atoms with Crippen LogP contribution in [0.4, 0.5) is 11.4 Å². The minimum atomic E-state index is -0.589. The minimum Gasteiger partial charge on any atom is -0.398 e. The lowest BCUT2D eigenvalue weighted by Crippen LogP contribution is -2.16. The van der Waals surface area contributed by atoms with Crippen molar-refractivity contribution in [3.05, 3.63) is 59.2 Å². The Morgan fingerprint density at radius 1 is 1.19 bits per heavy atom. The monoisotopic (exact) mass is 275 g/mol. The van der Waals surface area contributed by atoms with Crippen molar-refractivity contribution in [1.82, 2.24) is 0 Å². The molecule has 2 aromatic rings. The molecule has 0 saturated carbocycles. The van der Waals surface area contributed by atoms with Gasteiger partial charge in [-0.15, -0.1) is 0 Å². The van der Waals surface area contributed by atoms with Crippen molar-refractivity contribution in [2.75, 3.05) is 5.73 Å². The normalized spacial score (nSPS) is 13.5. The molecule has 3 rings (SSSR count). The highest BCUT2D eigenvalue weighted by Crippen LogP contribution is 2.37. The van der Waals surface area contributed by atoms with Crippen LogP contribution in [0.1, 0.15) is 30.5 Å². The first kappa shape index (κ1) is 13.4. The number of aliphatic imine (C=N–C) groups is 1. The van der Waals surface area contributed by atoms with E-state index in [0.29, 0.717) is 5.69 Å². The van der Waals surface area contributed by atoms with Crippen LogP contribution in [0.2, 0.25) is 0 Å². The van der Waals surface area contributed by atoms with Gasteiger partial charge in [0, 0.05) is 12.1 Å². The van der Waals surface area contributed by atoms with Crippen molar-refractivity contribution in [3.8, 4) is 6.07 Å². The second-order valence-corrected chi connectivity index (χ2v) is 5.91. The summed E-state index contributed by atoms with van der Waals surface area (Å²) in [5.74, 6) is 0. The Morgan fingerprint density at radius 2 is 1.90 bits per heavy atom. The average Bonchev–Trinajstić information content (AvgIpc) is 2.90. The van der Waals surface area contributed by atoms with E-state index < -0.39 is 5.41 Å². The van der Waals surface area contributed by atoms with E-state index in [0.717, 1.165) is 34.5 Å². The van der Waals surface area contributed by atoms with Crippen molar-refractivity contribution in [1.29, 1.82) is 5.26 Å². The summed E-state index contributed by atoms with van der Waals surface area (Å²) in [6, 6.07) is 16.4. The first-order chi connectivity index (χ1) is 10.0. The third kappa shape index (κ3) is 2.30. The topological polar surface area (TPSA) is 62.2 Å². The van der Waals surface area contributed by atoms with Gasteiger partial charge >= 0.3 is 0 Å². The smallest absolute Gasteiger partial charge is 0.0786 e. The summed E-state index contributed by atoms with van der Waals surface area (Å²) >= 11 is 0. The number of rotatable bonds is 2. The molecule has 0 saturated heterocycles. The molecule has 3 heteroatoms. The fraction of sp³-hybridized carbons (Fsp3) is 0.222. The van der Waals surface area contributed by atoms with E-state index in [-0.39, 0.29) is 0 Å². The number of benzene rings is 2. The highest BCUT2D eigenvalue weighted by Gasteiger charge is 2.26. The summed E-state index contributed by atoms with van der Waals surface area (Å²) in [7, 11) is 0. The Bertz CT molecular complexity index is 765. The van der Waals surface area contributed by atoms with Crippen LogP contribution in [-0.4, -0.2) is 5.71 Å². The molecule has 0 aliphatic carbocycles. The zero-order valence-corrected chi connectivity index (χ0v) is 12.2. The number of hydrogen-bond acceptors (Lipinski definition) is 3. The van der Waals surface area contributed by atoms with Gasteiger partial charge in [-0.1, -0.05) is 30.3 Å². The van der Waals surface area contributed by atoms with E-state index in [1.807, 2.05) is 44.2 Å². The molecule has 1 aliphatic heterocycles. The van der Waals surface area contributed by atoms with Crippen molar-refractivity contribution < 1.29 is 0 Å². The molecule has 1 heterocycles. The molecule has 2 N–H and O–H groups in total. The van der Waals surface area contributed by atoms with Gasteiger partial charge in [-0.3, -0.25) is 4.99 Å². The van der Waals surface area contributed by atoms with E-state index in [1.165, 1.54) is 0 Å². The SMILES string of the molecule is CC(C)(C#N)c1cc2c(cc1N)N=C(c1ccccc1)C2. The number of fused-ring (bicyclic) bond motifs is 1. The second kappa shape index (κ2) is 4.75. The Balaban J connectivity index is 2.02. The van der Waals surface area contributed by atoms with Crippen LogP contribution in [0.3, 0.4) is 0 Å². The van der Waals surface area contributed by atoms with Gasteiger partial charge in [0.25, 0.3) is 0 Å². The maximum absolute atomic E-state index is 9.32. The Kier molecular flexibility index (Phi) is 3.03. The number of anilines is 1. The number of nitrogen functional groups attached to an aromatic ring is 1. The van der Waals surface area contributed by atoms with Crippen LogP contribution in [-0.2, 0) is 11.8 Å². The molecule has 2 aromatic carbocycles. The van der Waals surface area contributed by atoms with Gasteiger partial charge in [0.2, 0.25) is 0 Å². The van der Waals surface area contributed by atoms with Crippen molar-refractivity contribution in [2.24, 2.45) is 4.99 Å². The molecular formula is C18H17N3. The van der Waals surface area contributed by atoms with Gasteiger partial charge in [-0.05, 0) is 42.7 Å². The summed E-state index contributed by atoms with van der Waals surface area (Å²) in [6.07, 6.45) is 0.786. The van der Waals surface area contributed by atoms with Gasteiger partial charge in [0.05, 0.1) is 22.9 Å². The van der Waals surface area contributed by atoms with Crippen molar-refractivity contribution in [3.63, 3.8) is 0 Å². The summed E-state index contributed by atoms with van der Waals surface area (Å²) in [5, 5.41) is 9.32. The maximum atomic E-state index is 9.32. The van der Waals surface area contributed by atoms with Gasteiger partial charge in [0.1, 0.15) is 0 Å². The molecule has 0 spiro atoms. The minimum absolute atomic E-state index is 0.589. The van der Waals surface area contributed by atoms with Crippen LogP contribution in [0.5, 0.6) is 0 Å². The van der Waals surface area contributed by atoms with E-state index >= 15 is 0 Å². The molecule has 1 aliphatic rings. The number of nitriles is 1. The third-order valence-corrected chi connectivity index (χ3v) is 3.92. The first-order valence-corrected chi connectivity index (χ1v) is 6.98. The highest BCUT2D eigenvalue weighted by molar-refractivity contribution is 6.06. The predicted molar refractivity (Wildman–Crippen MR) is 85.8 cm³/mol. The standard InChI is InChI=1S/C18H17N3/c1-18(2,11-19)14-8-13-9-16(12-6-4-3-5-7-12)21-17(13)10-15(14)20/h3-8,10H,9,20H2,1-2H3. The fourth-order valence-electron chi connectivity index (χ4n) is 2.66. The molecule has 3 nitrogen and oxygen atoms in total. The molecule has 0 unspecified atom stereocenters. The Hall–Kier alpha value is -2.60. The lowest BCUT2D eigenvalue weighted by molar-refractivity contribution is 0.689. The second-order valence-electron chi connectivity index (χ2n) is 5.91. The molecule has 0 fully saturated rings. The lowest BCUT2D eigenvalue weighted by atomic mass is 9.83. The summed E-state index contributed by atoms with van der Waals surface area (Å²) in [5.41, 5.74) is 11.3. The van der Waals surface area contributed by atoms with Gasteiger partial charge < -0.3 is 5.73 Å². The molecule has 0 radical (unpaired) electrons. The maximum Gasteiger partial charge on any atom is 0.0786 e. The summed E-state index contributed by atoms with van der Waals surface area (Å²) < 4.78 is 0. The van der Waals surface area contributed by atoms with E-state index in [1.54, 1.807) is 0 Å². The van der Waals surface area contributed by atoms with Crippen molar-refractivity contribution in [2.45, 2.75) is 25.7 Å². The van der Waals surface area contributed by atoms with Gasteiger partial charge in [-0.25, -0.2) is 0 Å². The predicted octanol–water partition coefficient (Wildman–Crippen LogP) is 3.75. The quantitative estimate of drug-likeness (QED) is 0.848. The van der Waals surface area contributed by atoms with Gasteiger partial charge in [0.15, 0.2) is 0 Å². The Labute approximate surface area is 124 Å². The first-order valence-electron chi connectivity index (χ1n) is 6.98. The van der Waals surface area contributed by atoms with Crippen LogP contribution >= 0.6 is 0 Å². The fourth-order valence-corrected chi connectivity index (χ4v) is 2.66. The molecular weight excluding hydrogens is 258 g/mol. The van der Waals surface area contributed by atoms with E-state index in [9.17, 15) is 5.26 Å². The Morgan fingerprint density at radius 3 is 2.57 bits per heavy atom. The number of nitrogens with two attached hydrogens (primary N) is 1. The third-order valence-electron chi connectivity index (χ3n) is 3.92. The lowest BCUT2D eigenvalue weighted by Gasteiger charge is -2.19. The molecule has 0 bridgehead atoms. The number of nitrogens with zero attached hydrogens (tertiary/aromatic N) is 2. The van der Waals surface area contributed by atoms with E-state index in [2.05, 4.69) is 23.2 Å². The number of hydrogen-bond donors (Lipinski definition) is 1. The zero-order valence-electron chi connectivity index (χ0n) is 12.2. The van der Waals surface area contributed by atoms with Crippen LogP contribution < -0.4 is 5.73 Å².